The predicted molar refractivity (Wildman–Crippen MR) is 157 cm³/mol. The molecule has 1 aromatic carbocycles. The molecule has 3 saturated carbocycles. The highest BCUT2D eigenvalue weighted by Gasteiger charge is 2.58. The summed E-state index contributed by atoms with van der Waals surface area (Å²) in [6, 6.07) is 9.50. The summed E-state index contributed by atoms with van der Waals surface area (Å²) >= 11 is 1.43. The predicted octanol–water partition coefficient (Wildman–Crippen LogP) is 10.6. The first-order valence-corrected chi connectivity index (χ1v) is 16.4. The third-order valence-corrected chi connectivity index (χ3v) is 12.4. The van der Waals surface area contributed by atoms with Crippen LogP contribution < -0.4 is 4.74 Å². The van der Waals surface area contributed by atoms with Gasteiger partial charge in [0.25, 0.3) is 0 Å². The van der Waals surface area contributed by atoms with Crippen molar-refractivity contribution in [2.24, 2.45) is 34.5 Å². The van der Waals surface area contributed by atoms with E-state index in [-0.39, 0.29) is 5.30 Å². The number of fused-ring (bicyclic) bond motifs is 5. The van der Waals surface area contributed by atoms with E-state index in [1.807, 2.05) is 30.3 Å². The summed E-state index contributed by atoms with van der Waals surface area (Å²) in [6.45, 7) is 7.59. The van der Waals surface area contributed by atoms with Crippen molar-refractivity contribution in [2.45, 2.75) is 122 Å². The zero-order chi connectivity index (χ0) is 25.9. The summed E-state index contributed by atoms with van der Waals surface area (Å²) < 4.78 is 5.59. The summed E-state index contributed by atoms with van der Waals surface area (Å²) in [5.74, 6) is 4.27. The highest BCUT2D eigenvalue weighted by atomic mass is 32.2. The quantitative estimate of drug-likeness (QED) is 0.183. The Morgan fingerprint density at radius 2 is 1.73 bits per heavy atom. The first-order valence-electron chi connectivity index (χ1n) is 15.6. The maximum Gasteiger partial charge on any atom is 0.372 e. The van der Waals surface area contributed by atoms with Gasteiger partial charge < -0.3 is 4.74 Å². The van der Waals surface area contributed by atoms with Crippen LogP contribution in [0.5, 0.6) is 5.75 Å². The molecule has 0 N–H and O–H groups in total. The van der Waals surface area contributed by atoms with E-state index in [1.165, 1.54) is 95.2 Å². The third-order valence-electron chi connectivity index (χ3n) is 11.4. The van der Waals surface area contributed by atoms with Gasteiger partial charge in [0.2, 0.25) is 0 Å². The van der Waals surface area contributed by atoms with Crippen LogP contribution in [0.4, 0.5) is 4.79 Å². The van der Waals surface area contributed by atoms with E-state index in [1.54, 1.807) is 5.57 Å². The number of hydrogen-bond acceptors (Lipinski definition) is 3. The minimum Gasteiger partial charge on any atom is -0.418 e. The molecule has 4 aliphatic rings. The lowest BCUT2D eigenvalue weighted by Crippen LogP contribution is -2.50. The Morgan fingerprint density at radius 1 is 0.946 bits per heavy atom. The summed E-state index contributed by atoms with van der Waals surface area (Å²) in [7, 11) is 0. The van der Waals surface area contributed by atoms with Crippen LogP contribution in [0.15, 0.2) is 42.0 Å². The van der Waals surface area contributed by atoms with Gasteiger partial charge in [-0.25, -0.2) is 4.79 Å². The summed E-state index contributed by atoms with van der Waals surface area (Å²) in [4.78, 5) is 12.6. The Bertz CT molecular complexity index is 940. The largest absolute Gasteiger partial charge is 0.418 e. The Morgan fingerprint density at radius 3 is 2.54 bits per heavy atom. The van der Waals surface area contributed by atoms with Gasteiger partial charge in [0, 0.05) is 5.25 Å². The van der Waals surface area contributed by atoms with Crippen LogP contribution >= 0.6 is 11.8 Å². The Hall–Kier alpha value is -1.22. The second-order valence-electron chi connectivity index (χ2n) is 13.3. The second-order valence-corrected chi connectivity index (χ2v) is 14.5. The zero-order valence-corrected chi connectivity index (χ0v) is 24.5. The van der Waals surface area contributed by atoms with E-state index in [4.69, 9.17) is 4.74 Å². The molecule has 0 bridgehead atoms. The van der Waals surface area contributed by atoms with E-state index in [0.29, 0.717) is 21.8 Å². The van der Waals surface area contributed by atoms with Crippen molar-refractivity contribution in [1.29, 1.82) is 0 Å². The molecule has 0 amide bonds. The molecule has 0 saturated heterocycles. The normalized spacial score (nSPS) is 36.7. The van der Waals surface area contributed by atoms with E-state index in [0.717, 1.165) is 36.5 Å². The van der Waals surface area contributed by atoms with Crippen molar-refractivity contribution >= 4 is 17.1 Å². The highest BCUT2D eigenvalue weighted by molar-refractivity contribution is 8.13. The standard InChI is InChI=1S/C34H50O2S/c1-4-5-6-7-8-10-13-25-17-19-30-29-18-16-26-24-28(37-32(35)36-27-14-11-9-12-15-27)20-22-34(26,3)31(29)21-23-33(25,30)2/h9,11-12,14-16,25,28-31H,4-8,10,13,17-24H2,1-3H3/t25-,28+,29+,30-,31-,33-,34+/m1/s1. The monoisotopic (exact) mass is 522 g/mol. The van der Waals surface area contributed by atoms with Crippen molar-refractivity contribution in [3.8, 4) is 5.75 Å². The lowest BCUT2D eigenvalue weighted by Gasteiger charge is -2.58. The summed E-state index contributed by atoms with van der Waals surface area (Å²) in [5, 5.41) is 0.207. The SMILES string of the molecule is CCCCCCCC[C@@H]1CC[C@@H]2[C@@H]3CC=C4C[C@@H](SC(=O)Oc5ccccc5)CC[C@]4(C)[C@@H]3CC[C@]12C. The molecule has 3 fully saturated rings. The van der Waals surface area contributed by atoms with Gasteiger partial charge in [-0.05, 0) is 116 Å². The molecule has 0 aromatic heterocycles. The van der Waals surface area contributed by atoms with Gasteiger partial charge in [-0.1, -0.05) is 89.1 Å². The molecule has 4 aliphatic carbocycles. The van der Waals surface area contributed by atoms with Gasteiger partial charge in [-0.3, -0.25) is 0 Å². The fourth-order valence-corrected chi connectivity index (χ4v) is 10.1. The van der Waals surface area contributed by atoms with Crippen molar-refractivity contribution in [3.63, 3.8) is 0 Å². The van der Waals surface area contributed by atoms with Crippen LogP contribution in [-0.4, -0.2) is 10.6 Å². The number of para-hydroxylation sites is 1. The minimum atomic E-state index is -0.148. The number of benzene rings is 1. The van der Waals surface area contributed by atoms with E-state index in [9.17, 15) is 4.79 Å². The summed E-state index contributed by atoms with van der Waals surface area (Å²) in [6.07, 6.45) is 23.2. The average molecular weight is 523 g/mol. The van der Waals surface area contributed by atoms with E-state index in [2.05, 4.69) is 26.8 Å². The fraction of sp³-hybridized carbons (Fsp3) is 0.735. The van der Waals surface area contributed by atoms with Crippen molar-refractivity contribution < 1.29 is 9.53 Å². The third kappa shape index (κ3) is 5.73. The van der Waals surface area contributed by atoms with E-state index >= 15 is 0 Å². The van der Waals surface area contributed by atoms with Gasteiger partial charge in [0.05, 0.1) is 0 Å². The van der Waals surface area contributed by atoms with Crippen molar-refractivity contribution in [2.75, 3.05) is 0 Å². The topological polar surface area (TPSA) is 26.3 Å². The van der Waals surface area contributed by atoms with Crippen LogP contribution in [0.2, 0.25) is 0 Å². The molecule has 204 valence electrons. The molecular formula is C34H50O2S. The molecule has 0 aliphatic heterocycles. The molecule has 0 unspecified atom stereocenters. The molecule has 3 heteroatoms. The zero-order valence-electron chi connectivity index (χ0n) is 23.7. The maximum absolute atomic E-state index is 12.6. The number of carbonyl (C=O) groups excluding carboxylic acids is 1. The molecular weight excluding hydrogens is 472 g/mol. The molecule has 0 heterocycles. The number of allylic oxidation sites excluding steroid dienone is 2. The first-order chi connectivity index (χ1) is 17.9. The Kier molecular flexibility index (Phi) is 8.79. The van der Waals surface area contributed by atoms with Crippen molar-refractivity contribution in [1.82, 2.24) is 0 Å². The van der Waals surface area contributed by atoms with Gasteiger partial charge >= 0.3 is 5.30 Å². The number of hydrogen-bond donors (Lipinski definition) is 0. The Labute approximate surface area is 230 Å². The average Bonchev–Trinajstić information content (AvgIpc) is 3.23. The summed E-state index contributed by atoms with van der Waals surface area (Å²) in [5.41, 5.74) is 2.60. The van der Waals surface area contributed by atoms with Gasteiger partial charge in [0.15, 0.2) is 0 Å². The molecule has 5 rings (SSSR count). The molecule has 37 heavy (non-hydrogen) atoms. The van der Waals surface area contributed by atoms with Gasteiger partial charge in [-0.15, -0.1) is 0 Å². The second kappa shape index (κ2) is 11.9. The van der Waals surface area contributed by atoms with Crippen molar-refractivity contribution in [3.05, 3.63) is 42.0 Å². The van der Waals surface area contributed by atoms with Crippen LogP contribution in [-0.2, 0) is 0 Å². The highest BCUT2D eigenvalue weighted by Crippen LogP contribution is 2.67. The van der Waals surface area contributed by atoms with Crippen LogP contribution in [0, 0.1) is 34.5 Å². The number of carbonyl (C=O) groups is 1. The lowest BCUT2D eigenvalue weighted by molar-refractivity contribution is -0.0421. The number of ether oxygens (including phenoxy) is 1. The molecule has 2 nitrogen and oxygen atoms in total. The first kappa shape index (κ1) is 27.4. The molecule has 0 radical (unpaired) electrons. The van der Waals surface area contributed by atoms with Crippen LogP contribution in [0.25, 0.3) is 0 Å². The number of thioether (sulfide) groups is 1. The lowest BCUT2D eigenvalue weighted by atomic mass is 9.47. The van der Waals surface area contributed by atoms with E-state index < -0.39 is 0 Å². The number of unbranched alkanes of at least 4 members (excludes halogenated alkanes) is 5. The smallest absolute Gasteiger partial charge is 0.372 e. The fourth-order valence-electron chi connectivity index (χ4n) is 9.23. The van der Waals surface area contributed by atoms with Crippen LogP contribution in [0.1, 0.15) is 117 Å². The maximum atomic E-state index is 12.6. The Balaban J connectivity index is 1.18. The minimum absolute atomic E-state index is 0.148. The number of rotatable bonds is 9. The van der Waals surface area contributed by atoms with Gasteiger partial charge in [-0.2, -0.15) is 0 Å². The molecule has 0 spiro atoms. The molecule has 7 atom stereocenters. The van der Waals surface area contributed by atoms with Gasteiger partial charge in [0.1, 0.15) is 5.75 Å². The van der Waals surface area contributed by atoms with Crippen LogP contribution in [0.3, 0.4) is 0 Å². The molecule has 1 aromatic rings.